The van der Waals surface area contributed by atoms with Gasteiger partial charge >= 0.3 is 0 Å². The minimum Gasteiger partial charge on any atom is -0.441 e. The van der Waals surface area contributed by atoms with Gasteiger partial charge in [0.1, 0.15) is 22.9 Å². The van der Waals surface area contributed by atoms with E-state index in [-0.39, 0.29) is 0 Å². The van der Waals surface area contributed by atoms with Crippen LogP contribution in [0.4, 0.5) is 0 Å². The molecule has 0 saturated carbocycles. The van der Waals surface area contributed by atoms with E-state index < -0.39 is 0 Å². The highest BCUT2D eigenvalue weighted by Gasteiger charge is 2.19. The van der Waals surface area contributed by atoms with Crippen molar-refractivity contribution >= 4 is 11.1 Å². The fraction of sp³-hybridized carbons (Fsp3) is 0.167. The predicted molar refractivity (Wildman–Crippen MR) is 112 cm³/mol. The molecule has 0 radical (unpaired) electrons. The highest BCUT2D eigenvalue weighted by molar-refractivity contribution is 5.88. The summed E-state index contributed by atoms with van der Waals surface area (Å²) in [5.74, 6) is 2.84. The van der Waals surface area contributed by atoms with Crippen molar-refractivity contribution in [2.24, 2.45) is 0 Å². The quantitative estimate of drug-likeness (QED) is 0.408. The van der Waals surface area contributed by atoms with Gasteiger partial charge in [-0.3, -0.25) is 0 Å². The Labute approximate surface area is 164 Å². The SMILES string of the molecule is C/C(=C(\C)c1nc(-c2ccccc2)oc1C)c1nc(-c2ccccc2)oc1C. The van der Waals surface area contributed by atoms with Crippen LogP contribution in [-0.2, 0) is 0 Å². The second-order valence-electron chi connectivity index (χ2n) is 6.83. The summed E-state index contributed by atoms with van der Waals surface area (Å²) in [5.41, 5.74) is 5.68. The van der Waals surface area contributed by atoms with Crippen molar-refractivity contribution in [3.8, 4) is 22.9 Å². The minimum atomic E-state index is 0.627. The van der Waals surface area contributed by atoms with Crippen molar-refractivity contribution in [1.82, 2.24) is 9.97 Å². The van der Waals surface area contributed by atoms with E-state index in [0.29, 0.717) is 11.8 Å². The molecule has 0 bridgehead atoms. The first-order valence-electron chi connectivity index (χ1n) is 9.28. The van der Waals surface area contributed by atoms with Crippen LogP contribution in [0.2, 0.25) is 0 Å². The summed E-state index contributed by atoms with van der Waals surface area (Å²) >= 11 is 0. The van der Waals surface area contributed by atoms with Crippen LogP contribution in [0.3, 0.4) is 0 Å². The smallest absolute Gasteiger partial charge is 0.226 e. The molecule has 0 atom stereocenters. The molecule has 0 aliphatic carbocycles. The molecule has 4 nitrogen and oxygen atoms in total. The lowest BCUT2D eigenvalue weighted by atomic mass is 10.0. The Bertz CT molecular complexity index is 1040. The van der Waals surface area contributed by atoms with E-state index in [2.05, 4.69) is 0 Å². The van der Waals surface area contributed by atoms with Crippen LogP contribution >= 0.6 is 0 Å². The third-order valence-corrected chi connectivity index (χ3v) is 4.91. The van der Waals surface area contributed by atoms with Gasteiger partial charge in [0.05, 0.1) is 0 Å². The van der Waals surface area contributed by atoms with Crippen molar-refractivity contribution in [1.29, 1.82) is 0 Å². The van der Waals surface area contributed by atoms with Crippen LogP contribution in [0.15, 0.2) is 69.5 Å². The summed E-state index contributed by atoms with van der Waals surface area (Å²) in [6, 6.07) is 19.9. The first kappa shape index (κ1) is 18.0. The van der Waals surface area contributed by atoms with Gasteiger partial charge in [-0.1, -0.05) is 36.4 Å². The third kappa shape index (κ3) is 3.29. The molecule has 0 N–H and O–H groups in total. The number of nitrogens with zero attached hydrogens (tertiary/aromatic N) is 2. The Hall–Kier alpha value is -3.40. The van der Waals surface area contributed by atoms with E-state index in [0.717, 1.165) is 45.2 Å². The molecule has 0 spiro atoms. The van der Waals surface area contributed by atoms with E-state index >= 15 is 0 Å². The average Bonchev–Trinajstić information content (AvgIpc) is 3.31. The Morgan fingerprint density at radius 1 is 0.607 bits per heavy atom. The van der Waals surface area contributed by atoms with E-state index in [1.165, 1.54) is 0 Å². The maximum atomic E-state index is 5.92. The van der Waals surface area contributed by atoms with Gasteiger partial charge in [-0.2, -0.15) is 0 Å². The van der Waals surface area contributed by atoms with Crippen LogP contribution in [0.5, 0.6) is 0 Å². The molecule has 4 aromatic rings. The number of hydrogen-bond acceptors (Lipinski definition) is 4. The lowest BCUT2D eigenvalue weighted by Crippen LogP contribution is -1.91. The molecule has 4 rings (SSSR count). The van der Waals surface area contributed by atoms with Gasteiger partial charge in [0.2, 0.25) is 11.8 Å². The molecule has 0 amide bonds. The Kier molecular flexibility index (Phi) is 4.70. The number of benzene rings is 2. The van der Waals surface area contributed by atoms with Gasteiger partial charge in [0.15, 0.2) is 0 Å². The molecule has 0 aliphatic rings. The zero-order valence-corrected chi connectivity index (χ0v) is 16.5. The Morgan fingerprint density at radius 3 is 1.32 bits per heavy atom. The minimum absolute atomic E-state index is 0.627. The number of hydrogen-bond donors (Lipinski definition) is 0. The van der Waals surface area contributed by atoms with Crippen molar-refractivity contribution in [2.45, 2.75) is 27.7 Å². The Balaban J connectivity index is 1.74. The van der Waals surface area contributed by atoms with Crippen LogP contribution in [0, 0.1) is 13.8 Å². The van der Waals surface area contributed by atoms with Gasteiger partial charge in [-0.15, -0.1) is 0 Å². The van der Waals surface area contributed by atoms with Gasteiger partial charge < -0.3 is 8.83 Å². The number of rotatable bonds is 4. The summed E-state index contributed by atoms with van der Waals surface area (Å²) < 4.78 is 11.8. The summed E-state index contributed by atoms with van der Waals surface area (Å²) in [6.07, 6.45) is 0. The molecule has 2 aromatic heterocycles. The topological polar surface area (TPSA) is 52.1 Å². The van der Waals surface area contributed by atoms with E-state index in [1.807, 2.05) is 88.4 Å². The largest absolute Gasteiger partial charge is 0.441 e. The number of aromatic nitrogens is 2. The molecule has 0 unspecified atom stereocenters. The molecule has 0 aliphatic heterocycles. The summed E-state index contributed by atoms with van der Waals surface area (Å²) in [6.45, 7) is 7.98. The monoisotopic (exact) mass is 370 g/mol. The normalized spacial score (nSPS) is 12.1. The van der Waals surface area contributed by atoms with Crippen LogP contribution in [0.25, 0.3) is 34.1 Å². The van der Waals surface area contributed by atoms with Crippen LogP contribution in [-0.4, -0.2) is 9.97 Å². The Morgan fingerprint density at radius 2 is 0.964 bits per heavy atom. The predicted octanol–water partition coefficient (Wildman–Crippen LogP) is 6.56. The number of aryl methyl sites for hydroxylation is 2. The molecular formula is C24H22N2O2. The van der Waals surface area contributed by atoms with Gasteiger partial charge in [-0.25, -0.2) is 9.97 Å². The van der Waals surface area contributed by atoms with Crippen molar-refractivity contribution in [2.75, 3.05) is 0 Å². The number of allylic oxidation sites excluding steroid dienone is 2. The van der Waals surface area contributed by atoms with Crippen molar-refractivity contribution in [3.63, 3.8) is 0 Å². The summed E-state index contributed by atoms with van der Waals surface area (Å²) in [7, 11) is 0. The van der Waals surface area contributed by atoms with Crippen molar-refractivity contribution < 1.29 is 8.83 Å². The van der Waals surface area contributed by atoms with E-state index in [4.69, 9.17) is 18.8 Å². The van der Waals surface area contributed by atoms with Crippen LogP contribution < -0.4 is 0 Å². The highest BCUT2D eigenvalue weighted by Crippen LogP contribution is 2.33. The summed E-state index contributed by atoms with van der Waals surface area (Å²) in [5, 5.41) is 0. The van der Waals surface area contributed by atoms with Gasteiger partial charge in [0, 0.05) is 11.1 Å². The summed E-state index contributed by atoms with van der Waals surface area (Å²) in [4.78, 5) is 9.48. The van der Waals surface area contributed by atoms with Gasteiger partial charge in [0.25, 0.3) is 0 Å². The molecule has 2 aromatic carbocycles. The second kappa shape index (κ2) is 7.31. The highest BCUT2D eigenvalue weighted by atomic mass is 16.4. The lowest BCUT2D eigenvalue weighted by molar-refractivity contribution is 0.541. The second-order valence-corrected chi connectivity index (χ2v) is 6.83. The maximum absolute atomic E-state index is 5.92. The lowest BCUT2D eigenvalue weighted by Gasteiger charge is -2.04. The molecule has 0 fully saturated rings. The zero-order valence-electron chi connectivity index (χ0n) is 16.5. The molecule has 28 heavy (non-hydrogen) atoms. The molecule has 0 saturated heterocycles. The van der Waals surface area contributed by atoms with Gasteiger partial charge in [-0.05, 0) is 63.1 Å². The maximum Gasteiger partial charge on any atom is 0.226 e. The fourth-order valence-electron chi connectivity index (χ4n) is 3.25. The third-order valence-electron chi connectivity index (χ3n) is 4.91. The first-order valence-corrected chi connectivity index (χ1v) is 9.28. The molecule has 2 heterocycles. The first-order chi connectivity index (χ1) is 13.5. The van der Waals surface area contributed by atoms with E-state index in [9.17, 15) is 0 Å². The van der Waals surface area contributed by atoms with Crippen LogP contribution in [0.1, 0.15) is 36.8 Å². The molecular weight excluding hydrogens is 348 g/mol. The average molecular weight is 370 g/mol. The number of oxazole rings is 2. The molecule has 140 valence electrons. The zero-order chi connectivity index (χ0) is 19.7. The van der Waals surface area contributed by atoms with Crippen molar-refractivity contribution in [3.05, 3.63) is 83.6 Å². The van der Waals surface area contributed by atoms with E-state index in [1.54, 1.807) is 0 Å². The molecule has 4 heteroatoms. The fourth-order valence-corrected chi connectivity index (χ4v) is 3.25. The standard InChI is InChI=1S/C24H22N2O2/c1-15(21-17(3)27-23(25-21)19-11-7-5-8-12-19)16(2)22-18(4)28-24(26-22)20-13-9-6-10-14-20/h5-14H,1-4H3/b16-15-.